The van der Waals surface area contributed by atoms with Crippen LogP contribution in [0, 0.1) is 0 Å². The van der Waals surface area contributed by atoms with E-state index in [1.165, 1.54) is 0 Å². The van der Waals surface area contributed by atoms with Gasteiger partial charge in [0.15, 0.2) is 0 Å². The molecule has 0 aliphatic carbocycles. The summed E-state index contributed by atoms with van der Waals surface area (Å²) in [6, 6.07) is 7.08. The molecule has 0 unspecified atom stereocenters. The first-order chi connectivity index (χ1) is 5.33. The van der Waals surface area contributed by atoms with Crippen molar-refractivity contribution in [2.24, 2.45) is 4.52 Å². The highest BCUT2D eigenvalue weighted by atomic mass is 35.5. The molecule has 0 bridgehead atoms. The third-order valence-electron chi connectivity index (χ3n) is 0.996. The molecule has 0 radical (unpaired) electrons. The number of hydrogen-bond acceptors (Lipinski definition) is 2. The molecule has 56 valence electrons. The normalized spacial score (nSPS) is 8.82. The number of hydrogen-bond donors (Lipinski definition) is 0. The van der Waals surface area contributed by atoms with Crippen LogP contribution in [0.4, 0.5) is 0 Å². The van der Waals surface area contributed by atoms with Crippen LogP contribution in [0.15, 0.2) is 33.7 Å². The van der Waals surface area contributed by atoms with Crippen LogP contribution >= 0.6 is 23.5 Å². The van der Waals surface area contributed by atoms with E-state index in [4.69, 9.17) is 17.1 Å². The number of azide groups is 1. The summed E-state index contributed by atoms with van der Waals surface area (Å²) >= 11 is 6.71. The predicted octanol–water partition coefficient (Wildman–Crippen LogP) is 3.66. The maximum absolute atomic E-state index is 7.99. The van der Waals surface area contributed by atoms with E-state index >= 15 is 0 Å². The summed E-state index contributed by atoms with van der Waals surface area (Å²) in [6.07, 6.45) is 0. The summed E-state index contributed by atoms with van der Waals surface area (Å²) in [6.45, 7) is 0. The van der Waals surface area contributed by atoms with Crippen LogP contribution in [0.3, 0.4) is 0 Å². The first-order valence-corrected chi connectivity index (χ1v) is 3.95. The van der Waals surface area contributed by atoms with Gasteiger partial charge in [0.1, 0.15) is 0 Å². The lowest BCUT2D eigenvalue weighted by Crippen LogP contribution is -1.65. The zero-order valence-electron chi connectivity index (χ0n) is 5.44. The molecule has 5 heteroatoms. The molecule has 1 rings (SSSR count). The number of halogens is 1. The van der Waals surface area contributed by atoms with Crippen LogP contribution in [0.1, 0.15) is 0 Å². The zero-order valence-corrected chi connectivity index (χ0v) is 7.01. The lowest BCUT2D eigenvalue weighted by Gasteiger charge is -1.92. The zero-order chi connectivity index (χ0) is 8.10. The van der Waals surface area contributed by atoms with Crippen molar-refractivity contribution < 1.29 is 0 Å². The topological polar surface area (TPSA) is 48.8 Å². The summed E-state index contributed by atoms with van der Waals surface area (Å²) in [7, 11) is 0. The van der Waals surface area contributed by atoms with Gasteiger partial charge in [0.2, 0.25) is 0 Å². The van der Waals surface area contributed by atoms with Gasteiger partial charge in [-0.25, -0.2) is 0 Å². The third kappa shape index (κ3) is 2.72. The molecule has 0 spiro atoms. The molecule has 0 aromatic heterocycles. The monoisotopic (exact) mass is 185 g/mol. The highest BCUT2D eigenvalue weighted by molar-refractivity contribution is 7.98. The Labute approximate surface area is 73.1 Å². The smallest absolute Gasteiger partial charge is 0.0406 e. The van der Waals surface area contributed by atoms with E-state index in [0.29, 0.717) is 5.02 Å². The van der Waals surface area contributed by atoms with E-state index in [2.05, 4.69) is 9.43 Å². The summed E-state index contributed by atoms with van der Waals surface area (Å²) in [4.78, 5) is 3.49. The van der Waals surface area contributed by atoms with Gasteiger partial charge in [-0.05, 0) is 46.3 Å². The Morgan fingerprint density at radius 1 is 1.36 bits per heavy atom. The average molecular weight is 186 g/mol. The molecule has 0 saturated heterocycles. The van der Waals surface area contributed by atoms with Crippen LogP contribution in [0.25, 0.3) is 10.4 Å². The van der Waals surface area contributed by atoms with Gasteiger partial charge in [-0.15, -0.1) is 0 Å². The van der Waals surface area contributed by atoms with Crippen molar-refractivity contribution in [1.82, 2.24) is 0 Å². The highest BCUT2D eigenvalue weighted by Crippen LogP contribution is 2.20. The molecule has 0 heterocycles. The fourth-order valence-electron chi connectivity index (χ4n) is 0.561. The van der Waals surface area contributed by atoms with Crippen LogP contribution in [0.2, 0.25) is 5.02 Å². The van der Waals surface area contributed by atoms with Crippen molar-refractivity contribution in [3.63, 3.8) is 0 Å². The van der Waals surface area contributed by atoms with E-state index in [-0.39, 0.29) is 0 Å². The first-order valence-electron chi connectivity index (χ1n) is 2.80. The molecule has 0 N–H and O–H groups in total. The molecule has 0 amide bonds. The Morgan fingerprint density at radius 2 is 2.00 bits per heavy atom. The van der Waals surface area contributed by atoms with Crippen molar-refractivity contribution in [3.05, 3.63) is 39.7 Å². The van der Waals surface area contributed by atoms with E-state index in [1.54, 1.807) is 24.3 Å². The van der Waals surface area contributed by atoms with Gasteiger partial charge < -0.3 is 0 Å². The van der Waals surface area contributed by atoms with Gasteiger partial charge in [0.05, 0.1) is 0 Å². The molecule has 0 aliphatic heterocycles. The van der Waals surface area contributed by atoms with Gasteiger partial charge in [0, 0.05) is 14.8 Å². The van der Waals surface area contributed by atoms with E-state index < -0.39 is 0 Å². The van der Waals surface area contributed by atoms with Crippen molar-refractivity contribution in [3.8, 4) is 0 Å². The molecule has 0 fully saturated rings. The van der Waals surface area contributed by atoms with Gasteiger partial charge in [-0.1, -0.05) is 11.6 Å². The molecule has 0 aliphatic rings. The lowest BCUT2D eigenvalue weighted by atomic mass is 10.4. The van der Waals surface area contributed by atoms with Crippen LogP contribution in [0.5, 0.6) is 0 Å². The van der Waals surface area contributed by atoms with Crippen LogP contribution < -0.4 is 0 Å². The minimum atomic E-state index is 0.676. The van der Waals surface area contributed by atoms with Crippen molar-refractivity contribution in [2.75, 3.05) is 0 Å². The Kier molecular flexibility index (Phi) is 3.11. The summed E-state index contributed by atoms with van der Waals surface area (Å²) in [5.41, 5.74) is 7.99. The number of rotatable bonds is 2. The van der Waals surface area contributed by atoms with E-state index in [0.717, 1.165) is 16.8 Å². The van der Waals surface area contributed by atoms with Crippen molar-refractivity contribution in [2.45, 2.75) is 4.90 Å². The Bertz CT molecular complexity index is 278. The van der Waals surface area contributed by atoms with Crippen molar-refractivity contribution >= 4 is 23.5 Å². The molecule has 1 aromatic rings. The predicted molar refractivity (Wildman–Crippen MR) is 46.5 cm³/mol. The van der Waals surface area contributed by atoms with Crippen molar-refractivity contribution in [1.29, 1.82) is 0 Å². The molecule has 11 heavy (non-hydrogen) atoms. The van der Waals surface area contributed by atoms with E-state index in [9.17, 15) is 0 Å². The lowest BCUT2D eigenvalue weighted by molar-refractivity contribution is 1.46. The minimum Gasteiger partial charge on any atom is -0.0843 e. The minimum absolute atomic E-state index is 0.676. The molecular weight excluding hydrogens is 182 g/mol. The van der Waals surface area contributed by atoms with E-state index in [1.807, 2.05) is 0 Å². The standard InChI is InChI=1S/C6H4ClN3S/c7-5-1-3-6(4-2-5)11-10-9-8/h1-4H. The molecular formula is C6H4ClN3S. The SMILES string of the molecule is [N-]=[N+]=NSc1ccc(Cl)cc1. The Hall–Kier alpha value is -0.830. The van der Waals surface area contributed by atoms with Crippen LogP contribution in [-0.2, 0) is 0 Å². The Balaban J connectivity index is 2.73. The third-order valence-corrected chi connectivity index (χ3v) is 1.89. The average Bonchev–Trinajstić information content (AvgIpc) is 2.04. The second-order valence-electron chi connectivity index (χ2n) is 1.72. The maximum atomic E-state index is 7.99. The Morgan fingerprint density at radius 3 is 2.55 bits per heavy atom. The van der Waals surface area contributed by atoms with Gasteiger partial charge in [0.25, 0.3) is 0 Å². The fraction of sp³-hybridized carbons (Fsp3) is 0. The maximum Gasteiger partial charge on any atom is 0.0406 e. The first kappa shape index (κ1) is 8.27. The molecule has 1 aromatic carbocycles. The van der Waals surface area contributed by atoms with Crippen LogP contribution in [-0.4, -0.2) is 0 Å². The van der Waals surface area contributed by atoms with Gasteiger partial charge >= 0.3 is 0 Å². The molecule has 0 atom stereocenters. The quantitative estimate of drug-likeness (QED) is 0.300. The van der Waals surface area contributed by atoms with Gasteiger partial charge in [-0.3, -0.25) is 0 Å². The number of nitrogens with zero attached hydrogens (tertiary/aromatic N) is 3. The largest absolute Gasteiger partial charge is 0.0843 e. The fourth-order valence-corrected chi connectivity index (χ4v) is 1.08. The summed E-state index contributed by atoms with van der Waals surface area (Å²) in [5.74, 6) is 0. The molecule has 0 saturated carbocycles. The molecule has 3 nitrogen and oxygen atoms in total. The highest BCUT2D eigenvalue weighted by Gasteiger charge is 1.89. The summed E-state index contributed by atoms with van der Waals surface area (Å²) < 4.78 is 3.33. The second-order valence-corrected chi connectivity index (χ2v) is 2.97. The number of benzene rings is 1. The summed E-state index contributed by atoms with van der Waals surface area (Å²) in [5, 5.41) is 0.676. The second kappa shape index (κ2) is 4.13. The van der Waals surface area contributed by atoms with Gasteiger partial charge in [-0.2, -0.15) is 0 Å².